The number of aryl methyl sites for hydroxylation is 1. The molecule has 0 spiro atoms. The van der Waals surface area contributed by atoms with Gasteiger partial charge in [0.1, 0.15) is 0 Å². The molecule has 0 saturated carbocycles. The maximum atomic E-state index is 4.25. The monoisotopic (exact) mass is 375 g/mol. The normalized spacial score (nSPS) is 9.39. The van der Waals surface area contributed by atoms with Crippen LogP contribution in [0.2, 0.25) is 0 Å². The topological polar surface area (TPSA) is 12.9 Å². The molecular weight excluding hydrogens is 338 g/mol. The molecule has 0 radical (unpaired) electrons. The van der Waals surface area contributed by atoms with Crippen LogP contribution in [0.5, 0.6) is 0 Å². The van der Waals surface area contributed by atoms with Crippen molar-refractivity contribution in [1.29, 1.82) is 0 Å². The van der Waals surface area contributed by atoms with E-state index in [2.05, 4.69) is 61.0 Å². The van der Waals surface area contributed by atoms with Gasteiger partial charge in [0.25, 0.3) is 0 Å². The summed E-state index contributed by atoms with van der Waals surface area (Å²) in [5.41, 5.74) is 4.53. The van der Waals surface area contributed by atoms with Gasteiger partial charge in [-0.1, -0.05) is 102 Å². The lowest BCUT2D eigenvalue weighted by Gasteiger charge is -2.02. The minimum atomic E-state index is 0.982. The summed E-state index contributed by atoms with van der Waals surface area (Å²) in [5.74, 6) is 0. The number of aromatic nitrogens is 1. The van der Waals surface area contributed by atoms with Crippen molar-refractivity contribution < 1.29 is 0 Å². The Hall–Kier alpha value is -2.67. The van der Waals surface area contributed by atoms with Crippen molar-refractivity contribution in [2.75, 3.05) is 0 Å². The standard InChI is InChI=1S/C12H12.C11H13N.2C2H6/c1-2-10-7-8-11-5-3-4-6-12(11)9-10;1-4-6-10-7-5-8-12-11(10)9(2)3;2*1-2/h3-9H,2H2,1H3;4-8H,2H2,1,3H3;2*1-2H3/b;6-4-;;. The second kappa shape index (κ2) is 15.4. The molecule has 0 aliphatic carbocycles. The molecule has 3 aromatic rings. The van der Waals surface area contributed by atoms with Gasteiger partial charge in [0.2, 0.25) is 0 Å². The Bertz CT molecular complexity index is 844. The predicted molar refractivity (Wildman–Crippen MR) is 130 cm³/mol. The van der Waals surface area contributed by atoms with Gasteiger partial charge < -0.3 is 0 Å². The molecule has 0 unspecified atom stereocenters. The quantitative estimate of drug-likeness (QED) is 0.446. The fraction of sp³-hybridized carbons (Fsp3) is 0.296. The van der Waals surface area contributed by atoms with Crippen LogP contribution in [0.3, 0.4) is 0 Å². The second-order valence-electron chi connectivity index (χ2n) is 5.76. The van der Waals surface area contributed by atoms with Crippen molar-refractivity contribution in [2.45, 2.75) is 54.9 Å². The lowest BCUT2D eigenvalue weighted by Crippen LogP contribution is -1.88. The second-order valence-corrected chi connectivity index (χ2v) is 5.76. The zero-order chi connectivity index (χ0) is 21.4. The van der Waals surface area contributed by atoms with Crippen LogP contribution >= 0.6 is 0 Å². The van der Waals surface area contributed by atoms with E-state index in [9.17, 15) is 0 Å². The van der Waals surface area contributed by atoms with E-state index < -0.39 is 0 Å². The molecule has 1 heterocycles. The van der Waals surface area contributed by atoms with Crippen molar-refractivity contribution in [2.24, 2.45) is 0 Å². The molecule has 2 aromatic carbocycles. The molecule has 0 bridgehead atoms. The lowest BCUT2D eigenvalue weighted by atomic mass is 10.1. The minimum Gasteiger partial charge on any atom is -0.256 e. The number of rotatable bonds is 3. The van der Waals surface area contributed by atoms with Crippen molar-refractivity contribution >= 4 is 22.4 Å². The van der Waals surface area contributed by atoms with Crippen molar-refractivity contribution in [3.63, 3.8) is 0 Å². The Balaban J connectivity index is 0.000000443. The minimum absolute atomic E-state index is 0.982. The molecule has 3 rings (SSSR count). The predicted octanol–water partition coefficient (Wildman–Crippen LogP) is 8.60. The summed E-state index contributed by atoms with van der Waals surface area (Å²) in [6.45, 7) is 18.0. The highest BCUT2D eigenvalue weighted by Crippen LogP contribution is 2.16. The van der Waals surface area contributed by atoms with Gasteiger partial charge in [-0.2, -0.15) is 0 Å². The van der Waals surface area contributed by atoms with Crippen LogP contribution < -0.4 is 0 Å². The average molecular weight is 376 g/mol. The summed E-state index contributed by atoms with van der Waals surface area (Å²) >= 11 is 0. The summed E-state index contributed by atoms with van der Waals surface area (Å²) in [6.07, 6.45) is 6.95. The van der Waals surface area contributed by atoms with E-state index in [4.69, 9.17) is 0 Å². The first-order valence-corrected chi connectivity index (χ1v) is 10.4. The number of allylic oxidation sites excluding steroid dienone is 2. The fourth-order valence-corrected chi connectivity index (χ4v) is 2.55. The molecule has 1 heteroatoms. The van der Waals surface area contributed by atoms with Crippen molar-refractivity contribution in [1.82, 2.24) is 4.98 Å². The van der Waals surface area contributed by atoms with Crippen LogP contribution in [0.15, 0.2) is 73.4 Å². The first-order valence-electron chi connectivity index (χ1n) is 10.4. The third-order valence-corrected chi connectivity index (χ3v) is 3.81. The number of benzene rings is 2. The van der Waals surface area contributed by atoms with Crippen LogP contribution in [0.4, 0.5) is 0 Å². The molecule has 0 saturated heterocycles. The maximum absolute atomic E-state index is 4.25. The van der Waals surface area contributed by atoms with Gasteiger partial charge in [-0.25, -0.2) is 0 Å². The Morgan fingerprint density at radius 2 is 1.57 bits per heavy atom. The summed E-state index contributed by atoms with van der Waals surface area (Å²) in [4.78, 5) is 4.25. The van der Waals surface area contributed by atoms with Gasteiger partial charge in [-0.15, -0.1) is 0 Å². The molecule has 0 aliphatic heterocycles. The van der Waals surface area contributed by atoms with E-state index in [1.54, 1.807) is 6.20 Å². The molecule has 1 aromatic heterocycles. The highest BCUT2D eigenvalue weighted by molar-refractivity contribution is 5.82. The van der Waals surface area contributed by atoms with Gasteiger partial charge >= 0.3 is 0 Å². The van der Waals surface area contributed by atoms with Crippen LogP contribution in [0.1, 0.15) is 65.3 Å². The molecule has 0 aliphatic rings. The first-order chi connectivity index (χ1) is 13.7. The van der Waals surface area contributed by atoms with Gasteiger partial charge in [0.15, 0.2) is 0 Å². The zero-order valence-corrected chi connectivity index (χ0v) is 18.8. The fourth-order valence-electron chi connectivity index (χ4n) is 2.55. The number of nitrogens with zero attached hydrogens (tertiary/aromatic N) is 1. The smallest absolute Gasteiger partial charge is 0.0725 e. The molecule has 0 fully saturated rings. The van der Waals surface area contributed by atoms with Crippen LogP contribution in [-0.2, 0) is 6.42 Å². The molecular formula is C27H37N. The molecule has 1 nitrogen and oxygen atoms in total. The van der Waals surface area contributed by atoms with Crippen molar-refractivity contribution in [3.05, 3.63) is 90.3 Å². The van der Waals surface area contributed by atoms with Gasteiger partial charge in [-0.05, 0) is 48.2 Å². The van der Waals surface area contributed by atoms with Gasteiger partial charge in [0, 0.05) is 11.8 Å². The van der Waals surface area contributed by atoms with Crippen molar-refractivity contribution in [3.8, 4) is 0 Å². The van der Waals surface area contributed by atoms with Crippen LogP contribution in [0.25, 0.3) is 22.4 Å². The molecule has 150 valence electrons. The SMILES string of the molecule is C=C(C)c1ncccc1/C=C\C.CC.CC.CCc1ccc2ccccc2c1. The van der Waals surface area contributed by atoms with E-state index in [0.29, 0.717) is 0 Å². The number of hydrogen-bond acceptors (Lipinski definition) is 1. The van der Waals surface area contributed by atoms with Gasteiger partial charge in [0.05, 0.1) is 5.69 Å². The van der Waals surface area contributed by atoms with E-state index >= 15 is 0 Å². The van der Waals surface area contributed by atoms with Crippen LogP contribution in [0, 0.1) is 0 Å². The highest BCUT2D eigenvalue weighted by atomic mass is 14.7. The lowest BCUT2D eigenvalue weighted by molar-refractivity contribution is 1.15. The first kappa shape index (κ1) is 25.3. The number of hydrogen-bond donors (Lipinski definition) is 0. The molecule has 0 atom stereocenters. The summed E-state index contributed by atoms with van der Waals surface area (Å²) in [5, 5.41) is 2.67. The summed E-state index contributed by atoms with van der Waals surface area (Å²) in [7, 11) is 0. The largest absolute Gasteiger partial charge is 0.256 e. The summed E-state index contributed by atoms with van der Waals surface area (Å²) < 4.78 is 0. The third-order valence-electron chi connectivity index (χ3n) is 3.81. The average Bonchev–Trinajstić information content (AvgIpc) is 2.77. The Morgan fingerprint density at radius 3 is 2.14 bits per heavy atom. The number of fused-ring (bicyclic) bond motifs is 1. The van der Waals surface area contributed by atoms with Gasteiger partial charge in [-0.3, -0.25) is 4.98 Å². The molecule has 28 heavy (non-hydrogen) atoms. The number of pyridine rings is 1. The third kappa shape index (κ3) is 8.35. The van der Waals surface area contributed by atoms with E-state index in [-0.39, 0.29) is 0 Å². The van der Waals surface area contributed by atoms with E-state index in [1.165, 1.54) is 16.3 Å². The maximum Gasteiger partial charge on any atom is 0.0725 e. The highest BCUT2D eigenvalue weighted by Gasteiger charge is 1.98. The zero-order valence-electron chi connectivity index (χ0n) is 18.8. The Morgan fingerprint density at radius 1 is 0.929 bits per heavy atom. The van der Waals surface area contributed by atoms with Crippen LogP contribution in [-0.4, -0.2) is 4.98 Å². The van der Waals surface area contributed by atoms with E-state index in [0.717, 1.165) is 23.3 Å². The summed E-state index contributed by atoms with van der Waals surface area (Å²) in [6, 6.07) is 19.1. The molecule has 0 N–H and O–H groups in total. The van der Waals surface area contributed by atoms with E-state index in [1.807, 2.05) is 65.8 Å². The molecule has 0 amide bonds. The Labute approximate surface area is 172 Å². The Kier molecular flexibility index (Phi) is 13.9.